The maximum Gasteiger partial charge on any atom is 0.349 e. The number of halogens is 1. The van der Waals surface area contributed by atoms with Crippen molar-refractivity contribution in [2.45, 2.75) is 0 Å². The number of rotatable bonds is 6. The molecule has 0 saturated carbocycles. The summed E-state index contributed by atoms with van der Waals surface area (Å²) < 4.78 is 6.06. The zero-order valence-electron chi connectivity index (χ0n) is 16.7. The third kappa shape index (κ3) is 4.35. The van der Waals surface area contributed by atoms with Crippen LogP contribution in [0.5, 0.6) is 11.6 Å². The van der Waals surface area contributed by atoms with Crippen LogP contribution in [-0.4, -0.2) is 30.7 Å². The van der Waals surface area contributed by atoms with Crippen molar-refractivity contribution in [3.8, 4) is 11.6 Å². The molecule has 2 aromatic carbocycles. The van der Waals surface area contributed by atoms with Gasteiger partial charge in [0.25, 0.3) is 11.2 Å². The predicted molar refractivity (Wildman–Crippen MR) is 121 cm³/mol. The molecule has 0 aliphatic carbocycles. The van der Waals surface area contributed by atoms with Crippen LogP contribution in [0.4, 0.5) is 11.4 Å². The molecule has 4 aromatic rings. The molecule has 0 fully saturated rings. The minimum absolute atomic E-state index is 0.0445. The highest BCUT2D eigenvalue weighted by Crippen LogP contribution is 2.36. The first kappa shape index (κ1) is 22.3. The standard InChI is InChI=1S/C20H11ClN6O7/c21-12-7-11(9-23-25-19(28)14-3-1-2-4-15(14)24-20(25)29)18(16(8-12)27(32)33)34-17-6-5-13(10-22-17)26(30)31/h1-10H,(H,24,29). The number of nitrogens with one attached hydrogen (secondary N) is 1. The van der Waals surface area contributed by atoms with Crippen LogP contribution in [0.25, 0.3) is 10.9 Å². The Balaban J connectivity index is 1.82. The van der Waals surface area contributed by atoms with E-state index in [4.69, 9.17) is 16.3 Å². The lowest BCUT2D eigenvalue weighted by molar-refractivity contribution is -0.385. The van der Waals surface area contributed by atoms with Gasteiger partial charge in [-0.2, -0.15) is 5.10 Å². The fourth-order valence-corrected chi connectivity index (χ4v) is 3.19. The van der Waals surface area contributed by atoms with Crippen molar-refractivity contribution in [2.75, 3.05) is 0 Å². The Bertz CT molecular complexity index is 1590. The summed E-state index contributed by atoms with van der Waals surface area (Å²) in [6.45, 7) is 0. The van der Waals surface area contributed by atoms with E-state index in [2.05, 4.69) is 15.1 Å². The van der Waals surface area contributed by atoms with Gasteiger partial charge in [-0.25, -0.2) is 9.78 Å². The highest BCUT2D eigenvalue weighted by Gasteiger charge is 2.22. The van der Waals surface area contributed by atoms with E-state index in [1.165, 1.54) is 12.1 Å². The van der Waals surface area contributed by atoms with E-state index in [0.29, 0.717) is 10.2 Å². The fraction of sp³-hybridized carbons (Fsp3) is 0. The van der Waals surface area contributed by atoms with Crippen LogP contribution in [0, 0.1) is 20.2 Å². The lowest BCUT2D eigenvalue weighted by Crippen LogP contribution is -2.32. The highest BCUT2D eigenvalue weighted by atomic mass is 35.5. The Morgan fingerprint density at radius 3 is 2.53 bits per heavy atom. The van der Waals surface area contributed by atoms with Gasteiger partial charge in [-0.05, 0) is 18.2 Å². The Hall–Kier alpha value is -4.91. The lowest BCUT2D eigenvalue weighted by Gasteiger charge is -2.09. The molecule has 0 spiro atoms. The number of aromatic nitrogens is 3. The Morgan fingerprint density at radius 1 is 1.09 bits per heavy atom. The minimum atomic E-state index is -0.837. The number of para-hydroxylation sites is 1. The van der Waals surface area contributed by atoms with Crippen molar-refractivity contribution in [1.29, 1.82) is 0 Å². The van der Waals surface area contributed by atoms with Gasteiger partial charge in [-0.1, -0.05) is 23.7 Å². The average molecular weight is 483 g/mol. The quantitative estimate of drug-likeness (QED) is 0.247. The van der Waals surface area contributed by atoms with Gasteiger partial charge < -0.3 is 9.72 Å². The summed E-state index contributed by atoms with van der Waals surface area (Å²) in [5.41, 5.74) is -2.17. The van der Waals surface area contributed by atoms with Crippen LogP contribution in [0.1, 0.15) is 5.56 Å². The molecule has 0 aliphatic rings. The second kappa shape index (κ2) is 8.91. The number of fused-ring (bicyclic) bond motifs is 1. The van der Waals surface area contributed by atoms with E-state index in [1.807, 2.05) is 0 Å². The number of nitro benzene ring substituents is 1. The summed E-state index contributed by atoms with van der Waals surface area (Å²) >= 11 is 6.00. The average Bonchev–Trinajstić information content (AvgIpc) is 2.80. The molecule has 13 nitrogen and oxygen atoms in total. The van der Waals surface area contributed by atoms with Gasteiger partial charge in [-0.3, -0.25) is 25.0 Å². The lowest BCUT2D eigenvalue weighted by atomic mass is 10.2. The van der Waals surface area contributed by atoms with Crippen molar-refractivity contribution in [3.63, 3.8) is 0 Å². The molecule has 0 bridgehead atoms. The summed E-state index contributed by atoms with van der Waals surface area (Å²) in [5, 5.41) is 26.4. The molecule has 0 radical (unpaired) electrons. The van der Waals surface area contributed by atoms with E-state index in [1.54, 1.807) is 18.2 Å². The monoisotopic (exact) mass is 482 g/mol. The molecule has 4 rings (SSSR count). The van der Waals surface area contributed by atoms with Gasteiger partial charge in [-0.15, -0.1) is 4.68 Å². The summed E-state index contributed by atoms with van der Waals surface area (Å²) in [7, 11) is 0. The summed E-state index contributed by atoms with van der Waals surface area (Å²) in [6, 6.07) is 10.8. The van der Waals surface area contributed by atoms with Crippen molar-refractivity contribution in [2.24, 2.45) is 5.10 Å². The fourth-order valence-electron chi connectivity index (χ4n) is 2.97. The van der Waals surface area contributed by atoms with Crippen LogP contribution < -0.4 is 16.0 Å². The van der Waals surface area contributed by atoms with Crippen LogP contribution in [0.2, 0.25) is 5.02 Å². The molecule has 0 amide bonds. The second-order valence-corrected chi connectivity index (χ2v) is 7.09. The molecule has 0 unspecified atom stereocenters. The van der Waals surface area contributed by atoms with E-state index in [0.717, 1.165) is 30.6 Å². The van der Waals surface area contributed by atoms with Gasteiger partial charge in [0.1, 0.15) is 6.20 Å². The minimum Gasteiger partial charge on any atom is -0.431 e. The topological polar surface area (TPSA) is 176 Å². The molecule has 0 atom stereocenters. The van der Waals surface area contributed by atoms with Crippen LogP contribution in [0.3, 0.4) is 0 Å². The van der Waals surface area contributed by atoms with E-state index < -0.39 is 26.8 Å². The van der Waals surface area contributed by atoms with Gasteiger partial charge in [0.05, 0.1) is 27.0 Å². The number of pyridine rings is 1. The molecule has 0 aliphatic heterocycles. The van der Waals surface area contributed by atoms with Gasteiger partial charge >= 0.3 is 11.4 Å². The van der Waals surface area contributed by atoms with E-state index >= 15 is 0 Å². The molecule has 14 heteroatoms. The third-order valence-electron chi connectivity index (χ3n) is 4.49. The predicted octanol–water partition coefficient (Wildman–Crippen LogP) is 3.23. The number of ether oxygens (including phenoxy) is 1. The number of H-pyrrole nitrogens is 1. The highest BCUT2D eigenvalue weighted by molar-refractivity contribution is 6.31. The normalized spacial score (nSPS) is 11.1. The largest absolute Gasteiger partial charge is 0.431 e. The van der Waals surface area contributed by atoms with Crippen molar-refractivity contribution >= 4 is 40.1 Å². The Labute approximate surface area is 192 Å². The third-order valence-corrected chi connectivity index (χ3v) is 4.71. The maximum atomic E-state index is 12.7. The molecule has 1 N–H and O–H groups in total. The molecule has 0 saturated heterocycles. The summed E-state index contributed by atoms with van der Waals surface area (Å²) in [4.78, 5) is 52.3. The first-order valence-electron chi connectivity index (χ1n) is 9.29. The summed E-state index contributed by atoms with van der Waals surface area (Å²) in [5.74, 6) is -0.545. The number of aromatic amines is 1. The number of hydrogen-bond acceptors (Lipinski definition) is 9. The van der Waals surface area contributed by atoms with Crippen LogP contribution in [0.15, 0.2) is 69.4 Å². The molecular weight excluding hydrogens is 472 g/mol. The molecular formula is C20H11ClN6O7. The SMILES string of the molecule is O=c1[nH]c2ccccc2c(=O)n1N=Cc1cc(Cl)cc([N+](=O)[O-])c1Oc1ccc([N+](=O)[O-])cn1. The van der Waals surface area contributed by atoms with E-state index in [9.17, 15) is 29.8 Å². The number of nitrogens with zero attached hydrogens (tertiary/aromatic N) is 5. The molecule has 170 valence electrons. The van der Waals surface area contributed by atoms with Crippen LogP contribution >= 0.6 is 11.6 Å². The van der Waals surface area contributed by atoms with Crippen molar-refractivity contribution in [1.82, 2.24) is 14.6 Å². The first-order chi connectivity index (χ1) is 16.2. The Morgan fingerprint density at radius 2 is 1.85 bits per heavy atom. The number of benzene rings is 2. The summed E-state index contributed by atoms with van der Waals surface area (Å²) in [6.07, 6.45) is 1.91. The maximum absolute atomic E-state index is 12.7. The smallest absolute Gasteiger partial charge is 0.349 e. The number of nitro groups is 2. The van der Waals surface area contributed by atoms with Gasteiger partial charge in [0, 0.05) is 28.8 Å². The number of hydrogen-bond donors (Lipinski definition) is 1. The molecule has 34 heavy (non-hydrogen) atoms. The van der Waals surface area contributed by atoms with Crippen molar-refractivity contribution in [3.05, 3.63) is 106 Å². The second-order valence-electron chi connectivity index (χ2n) is 6.65. The van der Waals surface area contributed by atoms with Gasteiger partial charge in [0.2, 0.25) is 11.6 Å². The van der Waals surface area contributed by atoms with Gasteiger partial charge in [0.15, 0.2) is 0 Å². The first-order valence-corrected chi connectivity index (χ1v) is 9.67. The van der Waals surface area contributed by atoms with Crippen LogP contribution in [-0.2, 0) is 0 Å². The molecule has 2 aromatic heterocycles. The Kier molecular flexibility index (Phi) is 5.84. The van der Waals surface area contributed by atoms with Crippen molar-refractivity contribution < 1.29 is 14.6 Å². The molecule has 2 heterocycles. The van der Waals surface area contributed by atoms with E-state index in [-0.39, 0.29) is 33.3 Å². The zero-order chi connectivity index (χ0) is 24.4. The zero-order valence-corrected chi connectivity index (χ0v) is 17.5.